The molecule has 0 aliphatic rings. The van der Waals surface area contributed by atoms with Crippen LogP contribution in [0.15, 0.2) is 24.3 Å². The summed E-state index contributed by atoms with van der Waals surface area (Å²) >= 11 is 0. The number of hydrogen-bond donors (Lipinski definition) is 4. The van der Waals surface area contributed by atoms with Gasteiger partial charge in [0.1, 0.15) is 0 Å². The maximum Gasteiger partial charge on any atom is 0.409 e. The average Bonchev–Trinajstić information content (AvgIpc) is 2.17. The number of anilines is 1. The Morgan fingerprint density at radius 3 is 2.13 bits per heavy atom. The largest absolute Gasteiger partial charge is 0.465 e. The van der Waals surface area contributed by atoms with Crippen molar-refractivity contribution >= 4 is 30.1 Å². The van der Waals surface area contributed by atoms with Gasteiger partial charge in [0.05, 0.1) is 0 Å². The molecule has 5 N–H and O–H groups in total. The van der Waals surface area contributed by atoms with Crippen LogP contribution >= 0.6 is 12.4 Å². The number of nitrogens with two attached hydrogens (primary N) is 1. The van der Waals surface area contributed by atoms with Gasteiger partial charge in [-0.1, -0.05) is 0 Å². The van der Waals surface area contributed by atoms with Gasteiger partial charge in [0.25, 0.3) is 5.91 Å². The van der Waals surface area contributed by atoms with Crippen LogP contribution in [0.2, 0.25) is 0 Å². The SMILES string of the molecule is Cl.NNC(=O)c1ccc(NC(=O)O)cc1. The number of carboxylic acid groups (broad SMARTS) is 1. The molecule has 0 atom stereocenters. The minimum Gasteiger partial charge on any atom is -0.465 e. The fourth-order valence-electron chi connectivity index (χ4n) is 0.912. The van der Waals surface area contributed by atoms with Crippen molar-refractivity contribution in [1.29, 1.82) is 0 Å². The summed E-state index contributed by atoms with van der Waals surface area (Å²) in [6.45, 7) is 0. The fourth-order valence-corrected chi connectivity index (χ4v) is 0.912. The predicted octanol–water partition coefficient (Wildman–Crippen LogP) is 0.802. The Labute approximate surface area is 91.8 Å². The summed E-state index contributed by atoms with van der Waals surface area (Å²) in [6, 6.07) is 5.87. The molecule has 0 spiro atoms. The molecule has 0 aromatic heterocycles. The lowest BCUT2D eigenvalue weighted by Gasteiger charge is -2.02. The van der Waals surface area contributed by atoms with Crippen molar-refractivity contribution in [2.75, 3.05) is 5.32 Å². The molecule has 0 radical (unpaired) electrons. The summed E-state index contributed by atoms with van der Waals surface area (Å²) in [5.74, 6) is 4.49. The van der Waals surface area contributed by atoms with E-state index in [2.05, 4.69) is 5.32 Å². The van der Waals surface area contributed by atoms with Gasteiger partial charge in [0, 0.05) is 11.3 Å². The molecule has 0 heterocycles. The van der Waals surface area contributed by atoms with Crippen molar-refractivity contribution in [3.8, 4) is 0 Å². The van der Waals surface area contributed by atoms with Crippen LogP contribution in [0.5, 0.6) is 0 Å². The summed E-state index contributed by atoms with van der Waals surface area (Å²) in [5, 5.41) is 10.5. The number of benzene rings is 1. The lowest BCUT2D eigenvalue weighted by atomic mass is 10.2. The molecule has 0 aliphatic heterocycles. The smallest absolute Gasteiger partial charge is 0.409 e. The molecule has 1 rings (SSSR count). The molecule has 0 fully saturated rings. The Morgan fingerprint density at radius 2 is 1.73 bits per heavy atom. The number of carbonyl (C=O) groups is 2. The quantitative estimate of drug-likeness (QED) is 0.343. The van der Waals surface area contributed by atoms with Crippen molar-refractivity contribution in [1.82, 2.24) is 5.43 Å². The third-order valence-electron chi connectivity index (χ3n) is 1.53. The molecule has 0 bridgehead atoms. The third-order valence-corrected chi connectivity index (χ3v) is 1.53. The van der Waals surface area contributed by atoms with E-state index in [4.69, 9.17) is 10.9 Å². The first-order chi connectivity index (χ1) is 6.63. The first-order valence-corrected chi connectivity index (χ1v) is 3.74. The summed E-state index contributed by atoms with van der Waals surface area (Å²) in [4.78, 5) is 21.2. The first kappa shape index (κ1) is 13.2. The van der Waals surface area contributed by atoms with Crippen LogP contribution < -0.4 is 16.6 Å². The van der Waals surface area contributed by atoms with Gasteiger partial charge in [-0.25, -0.2) is 10.6 Å². The zero-order valence-corrected chi connectivity index (χ0v) is 8.38. The number of hydrazine groups is 1. The van der Waals surface area contributed by atoms with Crippen LogP contribution in [-0.4, -0.2) is 17.1 Å². The number of amides is 2. The van der Waals surface area contributed by atoms with Crippen LogP contribution in [0.3, 0.4) is 0 Å². The molecule has 0 unspecified atom stereocenters. The fraction of sp³-hybridized carbons (Fsp3) is 0. The van der Waals surface area contributed by atoms with Crippen LogP contribution in [0.25, 0.3) is 0 Å². The molecule has 1 aromatic rings. The van der Waals surface area contributed by atoms with E-state index in [-0.39, 0.29) is 12.4 Å². The second-order valence-electron chi connectivity index (χ2n) is 2.48. The normalized spacial score (nSPS) is 8.60. The van der Waals surface area contributed by atoms with Crippen molar-refractivity contribution in [3.05, 3.63) is 29.8 Å². The highest BCUT2D eigenvalue weighted by atomic mass is 35.5. The van der Waals surface area contributed by atoms with Crippen molar-refractivity contribution in [3.63, 3.8) is 0 Å². The lowest BCUT2D eigenvalue weighted by Crippen LogP contribution is -2.29. The van der Waals surface area contributed by atoms with Gasteiger partial charge in [0.15, 0.2) is 0 Å². The molecule has 0 saturated heterocycles. The summed E-state index contributed by atoms with van der Waals surface area (Å²) in [6.07, 6.45) is -1.15. The molecule has 7 heteroatoms. The number of rotatable bonds is 2. The standard InChI is InChI=1S/C8H9N3O3.ClH/c9-11-7(12)5-1-3-6(4-2-5)10-8(13)14;/h1-4,10H,9H2,(H,11,12)(H,13,14);1H. The Hall–Kier alpha value is -1.79. The van der Waals surface area contributed by atoms with Crippen LogP contribution in [0.1, 0.15) is 10.4 Å². The van der Waals surface area contributed by atoms with Crippen molar-refractivity contribution < 1.29 is 14.7 Å². The number of hydrogen-bond acceptors (Lipinski definition) is 3. The van der Waals surface area contributed by atoms with Crippen LogP contribution in [0, 0.1) is 0 Å². The van der Waals surface area contributed by atoms with E-state index >= 15 is 0 Å². The topological polar surface area (TPSA) is 104 Å². The van der Waals surface area contributed by atoms with E-state index in [1.807, 2.05) is 5.43 Å². The van der Waals surface area contributed by atoms with Gasteiger partial charge in [0.2, 0.25) is 0 Å². The highest BCUT2D eigenvalue weighted by molar-refractivity contribution is 5.94. The van der Waals surface area contributed by atoms with E-state index < -0.39 is 12.0 Å². The van der Waals surface area contributed by atoms with Gasteiger partial charge in [-0.3, -0.25) is 15.5 Å². The minimum atomic E-state index is -1.15. The molecule has 15 heavy (non-hydrogen) atoms. The second kappa shape index (κ2) is 5.84. The number of carbonyl (C=O) groups excluding carboxylic acids is 1. The van der Waals surface area contributed by atoms with E-state index in [1.165, 1.54) is 24.3 Å². The molecular formula is C8H10ClN3O3. The molecule has 6 nitrogen and oxygen atoms in total. The molecule has 0 aliphatic carbocycles. The Morgan fingerprint density at radius 1 is 1.20 bits per heavy atom. The zero-order valence-electron chi connectivity index (χ0n) is 7.56. The highest BCUT2D eigenvalue weighted by Crippen LogP contribution is 2.08. The highest BCUT2D eigenvalue weighted by Gasteiger charge is 2.03. The summed E-state index contributed by atoms with van der Waals surface area (Å²) in [5.41, 5.74) is 2.72. The predicted molar refractivity (Wildman–Crippen MR) is 57.0 cm³/mol. The lowest BCUT2D eigenvalue weighted by molar-refractivity contribution is 0.0953. The third kappa shape index (κ3) is 3.84. The van der Waals surface area contributed by atoms with E-state index in [0.29, 0.717) is 11.3 Å². The Bertz CT molecular complexity index is 353. The van der Waals surface area contributed by atoms with Crippen molar-refractivity contribution in [2.45, 2.75) is 0 Å². The molecule has 0 saturated carbocycles. The van der Waals surface area contributed by atoms with Gasteiger partial charge < -0.3 is 5.11 Å². The van der Waals surface area contributed by atoms with Gasteiger partial charge in [-0.2, -0.15) is 0 Å². The van der Waals surface area contributed by atoms with Gasteiger partial charge in [-0.05, 0) is 24.3 Å². The van der Waals surface area contributed by atoms with E-state index in [1.54, 1.807) is 0 Å². The molecule has 2 amide bonds. The van der Waals surface area contributed by atoms with E-state index in [0.717, 1.165) is 0 Å². The minimum absolute atomic E-state index is 0. The van der Waals surface area contributed by atoms with Crippen molar-refractivity contribution in [2.24, 2.45) is 5.84 Å². The number of nitrogens with one attached hydrogen (secondary N) is 2. The maximum atomic E-state index is 11.0. The maximum absolute atomic E-state index is 11.0. The monoisotopic (exact) mass is 231 g/mol. The first-order valence-electron chi connectivity index (χ1n) is 3.74. The van der Waals surface area contributed by atoms with Gasteiger partial charge in [-0.15, -0.1) is 12.4 Å². The Kier molecular flexibility index (Phi) is 5.14. The Balaban J connectivity index is 0.00000196. The number of nitrogen functional groups attached to an aromatic ring is 1. The average molecular weight is 232 g/mol. The second-order valence-corrected chi connectivity index (χ2v) is 2.48. The summed E-state index contributed by atoms with van der Waals surface area (Å²) in [7, 11) is 0. The zero-order chi connectivity index (χ0) is 10.6. The summed E-state index contributed by atoms with van der Waals surface area (Å²) < 4.78 is 0. The molecular weight excluding hydrogens is 222 g/mol. The molecule has 1 aromatic carbocycles. The van der Waals surface area contributed by atoms with Crippen LogP contribution in [-0.2, 0) is 0 Å². The van der Waals surface area contributed by atoms with Crippen LogP contribution in [0.4, 0.5) is 10.5 Å². The molecule has 82 valence electrons. The number of halogens is 1. The van der Waals surface area contributed by atoms with E-state index in [9.17, 15) is 9.59 Å². The van der Waals surface area contributed by atoms with Gasteiger partial charge >= 0.3 is 6.09 Å².